The Labute approximate surface area is 109 Å². The smallest absolute Gasteiger partial charge is 0.271 e. The van der Waals surface area contributed by atoms with Crippen molar-refractivity contribution in [2.45, 2.75) is 0 Å². The molecule has 7 nitrogen and oxygen atoms in total. The third-order valence-corrected chi connectivity index (χ3v) is 3.13. The van der Waals surface area contributed by atoms with Crippen LogP contribution in [-0.2, 0) is 10.0 Å². The van der Waals surface area contributed by atoms with Gasteiger partial charge < -0.3 is 5.32 Å². The number of para-hydroxylation sites is 2. The first-order valence-corrected chi connectivity index (χ1v) is 7.18. The number of hydrogen-bond donors (Lipinski definition) is 2. The lowest BCUT2D eigenvalue weighted by Crippen LogP contribution is -2.32. The van der Waals surface area contributed by atoms with E-state index >= 15 is 0 Å². The topological polar surface area (TPSA) is 115 Å². The first-order valence-electron chi connectivity index (χ1n) is 5.46. The molecule has 8 heteroatoms. The van der Waals surface area contributed by atoms with Crippen molar-refractivity contribution in [2.75, 3.05) is 12.3 Å². The predicted molar refractivity (Wildman–Crippen MR) is 69.8 cm³/mol. The number of aromatic nitrogens is 2. The van der Waals surface area contributed by atoms with Crippen molar-refractivity contribution in [3.63, 3.8) is 0 Å². The lowest BCUT2D eigenvalue weighted by molar-refractivity contribution is 0.0951. The van der Waals surface area contributed by atoms with Gasteiger partial charge in [0.25, 0.3) is 5.91 Å². The van der Waals surface area contributed by atoms with E-state index in [2.05, 4.69) is 15.3 Å². The average Bonchev–Trinajstić information content (AvgIpc) is 2.36. The lowest BCUT2D eigenvalue weighted by Gasteiger charge is -2.04. The molecule has 2 rings (SSSR count). The van der Waals surface area contributed by atoms with Crippen LogP contribution in [0.5, 0.6) is 0 Å². The van der Waals surface area contributed by atoms with Crippen molar-refractivity contribution in [2.24, 2.45) is 5.14 Å². The summed E-state index contributed by atoms with van der Waals surface area (Å²) in [5, 5.41) is 7.25. The van der Waals surface area contributed by atoms with Crippen LogP contribution in [0.4, 0.5) is 0 Å². The van der Waals surface area contributed by atoms with Crippen LogP contribution in [0.1, 0.15) is 10.5 Å². The fraction of sp³-hybridized carbons (Fsp3) is 0.182. The van der Waals surface area contributed by atoms with Crippen molar-refractivity contribution >= 4 is 27.0 Å². The van der Waals surface area contributed by atoms with Crippen molar-refractivity contribution in [1.82, 2.24) is 15.3 Å². The highest BCUT2D eigenvalue weighted by molar-refractivity contribution is 7.89. The van der Waals surface area contributed by atoms with E-state index in [4.69, 9.17) is 5.14 Å². The van der Waals surface area contributed by atoms with Gasteiger partial charge in [-0.2, -0.15) is 0 Å². The van der Waals surface area contributed by atoms with Crippen LogP contribution in [0.3, 0.4) is 0 Å². The molecule has 2 aromatic rings. The SMILES string of the molecule is NS(=O)(=O)CCNC(=O)c1cnc2ccccc2n1. The van der Waals surface area contributed by atoms with Gasteiger partial charge in [0.1, 0.15) is 5.69 Å². The molecule has 0 saturated heterocycles. The molecule has 1 aromatic heterocycles. The molecule has 100 valence electrons. The van der Waals surface area contributed by atoms with Gasteiger partial charge in [-0.1, -0.05) is 12.1 Å². The van der Waals surface area contributed by atoms with Gasteiger partial charge in [0.15, 0.2) is 0 Å². The van der Waals surface area contributed by atoms with Crippen LogP contribution in [0.15, 0.2) is 30.5 Å². The number of rotatable bonds is 4. The zero-order chi connectivity index (χ0) is 13.9. The maximum Gasteiger partial charge on any atom is 0.271 e. The summed E-state index contributed by atoms with van der Waals surface area (Å²) in [5.41, 5.74) is 1.42. The number of nitrogens with one attached hydrogen (secondary N) is 1. The van der Waals surface area contributed by atoms with E-state index in [-0.39, 0.29) is 18.0 Å². The van der Waals surface area contributed by atoms with E-state index in [0.717, 1.165) is 0 Å². The molecule has 0 aliphatic heterocycles. The standard InChI is InChI=1S/C11H12N4O3S/c12-19(17,18)6-5-13-11(16)10-7-14-8-3-1-2-4-9(8)15-10/h1-4,7H,5-6H2,(H,13,16)(H2,12,17,18). The van der Waals surface area contributed by atoms with Gasteiger partial charge in [-0.05, 0) is 12.1 Å². The summed E-state index contributed by atoms with van der Waals surface area (Å²) in [6.07, 6.45) is 1.34. The van der Waals surface area contributed by atoms with Crippen LogP contribution in [0.2, 0.25) is 0 Å². The highest BCUT2D eigenvalue weighted by Crippen LogP contribution is 2.08. The number of sulfonamides is 1. The molecular formula is C11H12N4O3S. The summed E-state index contributed by atoms with van der Waals surface area (Å²) in [6, 6.07) is 7.14. The number of hydrogen-bond acceptors (Lipinski definition) is 5. The van der Waals surface area contributed by atoms with Crippen LogP contribution < -0.4 is 10.5 Å². The van der Waals surface area contributed by atoms with Gasteiger partial charge in [0, 0.05) is 6.54 Å². The van der Waals surface area contributed by atoms with E-state index in [1.807, 2.05) is 6.07 Å². The van der Waals surface area contributed by atoms with Crippen LogP contribution in [0, 0.1) is 0 Å². The Morgan fingerprint density at radius 2 is 1.95 bits per heavy atom. The number of benzene rings is 1. The highest BCUT2D eigenvalue weighted by atomic mass is 32.2. The normalized spacial score (nSPS) is 11.4. The number of fused-ring (bicyclic) bond motifs is 1. The molecule has 19 heavy (non-hydrogen) atoms. The zero-order valence-electron chi connectivity index (χ0n) is 9.91. The molecule has 1 aromatic carbocycles. The summed E-state index contributed by atoms with van der Waals surface area (Å²) >= 11 is 0. The number of amides is 1. The van der Waals surface area contributed by atoms with Gasteiger partial charge >= 0.3 is 0 Å². The third-order valence-electron chi connectivity index (χ3n) is 2.35. The molecule has 0 saturated carbocycles. The van der Waals surface area contributed by atoms with E-state index in [0.29, 0.717) is 11.0 Å². The van der Waals surface area contributed by atoms with Crippen LogP contribution in [-0.4, -0.2) is 36.6 Å². The Bertz CT molecular complexity index is 715. The minimum atomic E-state index is -3.59. The molecule has 0 radical (unpaired) electrons. The molecule has 3 N–H and O–H groups in total. The van der Waals surface area contributed by atoms with Gasteiger partial charge in [-0.15, -0.1) is 0 Å². The number of carbonyl (C=O) groups is 1. The molecule has 0 aliphatic carbocycles. The molecule has 0 aliphatic rings. The third kappa shape index (κ3) is 3.70. The van der Waals surface area contributed by atoms with Gasteiger partial charge in [0.2, 0.25) is 10.0 Å². The minimum absolute atomic E-state index is 0.0633. The Hall–Kier alpha value is -2.06. The van der Waals surface area contributed by atoms with E-state index in [9.17, 15) is 13.2 Å². The average molecular weight is 280 g/mol. The Morgan fingerprint density at radius 3 is 2.63 bits per heavy atom. The Morgan fingerprint density at radius 1 is 1.26 bits per heavy atom. The van der Waals surface area contributed by atoms with Gasteiger partial charge in [-0.3, -0.25) is 9.78 Å². The molecule has 0 bridgehead atoms. The van der Waals surface area contributed by atoms with Gasteiger partial charge in [0.05, 0.1) is 23.0 Å². The summed E-state index contributed by atoms with van der Waals surface area (Å²) in [6.45, 7) is -0.0633. The second-order valence-corrected chi connectivity index (χ2v) is 5.60. The number of nitrogens with two attached hydrogens (primary N) is 1. The highest BCUT2D eigenvalue weighted by Gasteiger charge is 2.10. The van der Waals surface area contributed by atoms with Crippen molar-refractivity contribution in [1.29, 1.82) is 0 Å². The first kappa shape index (κ1) is 13.4. The predicted octanol–water partition coefficient (Wildman–Crippen LogP) is -0.352. The summed E-state index contributed by atoms with van der Waals surface area (Å²) in [5.74, 6) is -0.804. The Balaban J connectivity index is 2.09. The van der Waals surface area contributed by atoms with Crippen LogP contribution in [0.25, 0.3) is 11.0 Å². The fourth-order valence-electron chi connectivity index (χ4n) is 1.46. The Kier molecular flexibility index (Phi) is 3.72. The number of nitrogens with zero attached hydrogens (tertiary/aromatic N) is 2. The lowest BCUT2D eigenvalue weighted by atomic mass is 10.3. The molecule has 0 unspecified atom stereocenters. The molecule has 1 amide bonds. The van der Waals surface area contributed by atoms with Crippen molar-refractivity contribution in [3.05, 3.63) is 36.2 Å². The summed E-state index contributed by atoms with van der Waals surface area (Å²) < 4.78 is 21.4. The molecule has 0 fully saturated rings. The molecule has 0 spiro atoms. The fourth-order valence-corrected chi connectivity index (χ4v) is 1.85. The second kappa shape index (κ2) is 5.29. The second-order valence-electron chi connectivity index (χ2n) is 3.87. The summed E-state index contributed by atoms with van der Waals surface area (Å²) in [7, 11) is -3.59. The van der Waals surface area contributed by atoms with E-state index < -0.39 is 15.9 Å². The largest absolute Gasteiger partial charge is 0.350 e. The maximum atomic E-state index is 11.7. The monoisotopic (exact) mass is 280 g/mol. The molecule has 0 atom stereocenters. The van der Waals surface area contributed by atoms with Crippen molar-refractivity contribution in [3.8, 4) is 0 Å². The molecule has 1 heterocycles. The van der Waals surface area contributed by atoms with E-state index in [1.165, 1.54) is 6.20 Å². The zero-order valence-corrected chi connectivity index (χ0v) is 10.7. The first-order chi connectivity index (χ1) is 8.96. The minimum Gasteiger partial charge on any atom is -0.350 e. The van der Waals surface area contributed by atoms with Gasteiger partial charge in [-0.25, -0.2) is 18.5 Å². The summed E-state index contributed by atoms with van der Waals surface area (Å²) in [4.78, 5) is 20.0. The number of primary sulfonamides is 1. The van der Waals surface area contributed by atoms with Crippen LogP contribution >= 0.6 is 0 Å². The van der Waals surface area contributed by atoms with E-state index in [1.54, 1.807) is 18.2 Å². The quantitative estimate of drug-likeness (QED) is 0.794. The maximum absolute atomic E-state index is 11.7. The van der Waals surface area contributed by atoms with Crippen molar-refractivity contribution < 1.29 is 13.2 Å². The number of carbonyl (C=O) groups excluding carboxylic acids is 1. The molecular weight excluding hydrogens is 268 g/mol.